The van der Waals surface area contributed by atoms with Gasteiger partial charge in [0.25, 0.3) is 0 Å². The molecule has 1 unspecified atom stereocenters. The van der Waals surface area contributed by atoms with E-state index in [9.17, 15) is 5.11 Å². The first kappa shape index (κ1) is 15.3. The van der Waals surface area contributed by atoms with Crippen LogP contribution in [0.25, 0.3) is 16.9 Å². The van der Waals surface area contributed by atoms with Crippen LogP contribution >= 0.6 is 0 Å². The second kappa shape index (κ2) is 6.69. The number of phenolic OH excluding ortho intramolecular Hbond substituents is 1. The Balaban J connectivity index is 2.12. The third kappa shape index (κ3) is 3.14. The number of aromatic nitrogens is 2. The van der Waals surface area contributed by atoms with E-state index in [2.05, 4.69) is 30.5 Å². The zero-order chi connectivity index (χ0) is 16.2. The van der Waals surface area contributed by atoms with Gasteiger partial charge in [0, 0.05) is 23.4 Å². The van der Waals surface area contributed by atoms with Gasteiger partial charge in [0.2, 0.25) is 0 Å². The molecule has 0 aliphatic carbocycles. The average molecular weight is 306 g/mol. The Labute approximate surface area is 137 Å². The summed E-state index contributed by atoms with van der Waals surface area (Å²) in [6, 6.07) is 17.6. The Morgan fingerprint density at radius 3 is 2.43 bits per heavy atom. The largest absolute Gasteiger partial charge is 0.507 e. The van der Waals surface area contributed by atoms with Crippen LogP contribution in [0.3, 0.4) is 0 Å². The Morgan fingerprint density at radius 1 is 1.04 bits per heavy atom. The van der Waals surface area contributed by atoms with Crippen LogP contribution in [0.2, 0.25) is 0 Å². The first-order chi connectivity index (χ1) is 11.2. The number of imidazole rings is 1. The highest BCUT2D eigenvalue weighted by molar-refractivity contribution is 5.66. The number of nitrogens with zero attached hydrogens (tertiary/aromatic N) is 2. The molecule has 3 rings (SSSR count). The van der Waals surface area contributed by atoms with Gasteiger partial charge in [-0.15, -0.1) is 0 Å². The highest BCUT2D eigenvalue weighted by Gasteiger charge is 2.17. The smallest absolute Gasteiger partial charge is 0.125 e. The predicted octanol–water partition coefficient (Wildman–Crippen LogP) is 5.15. The van der Waals surface area contributed by atoms with E-state index in [0.717, 1.165) is 35.6 Å². The van der Waals surface area contributed by atoms with Gasteiger partial charge in [-0.1, -0.05) is 50.6 Å². The molecule has 0 bridgehead atoms. The minimum absolute atomic E-state index is 0.264. The molecule has 0 aliphatic heterocycles. The molecule has 0 spiro atoms. The molecule has 0 saturated carbocycles. The van der Waals surface area contributed by atoms with Crippen LogP contribution in [-0.2, 0) is 0 Å². The fraction of sp³-hybridized carbons (Fsp3) is 0.250. The number of rotatable bonds is 5. The van der Waals surface area contributed by atoms with E-state index < -0.39 is 0 Å². The maximum atomic E-state index is 10.1. The summed E-state index contributed by atoms with van der Waals surface area (Å²) in [5, 5.41) is 10.1. The molecule has 0 fully saturated rings. The van der Waals surface area contributed by atoms with E-state index in [0.29, 0.717) is 5.92 Å². The van der Waals surface area contributed by atoms with Crippen molar-refractivity contribution in [2.45, 2.75) is 32.6 Å². The topological polar surface area (TPSA) is 38.1 Å². The Morgan fingerprint density at radius 2 is 1.74 bits per heavy atom. The van der Waals surface area contributed by atoms with Crippen LogP contribution in [0.5, 0.6) is 5.75 Å². The lowest BCUT2D eigenvalue weighted by Crippen LogP contribution is -2.04. The first-order valence-electron chi connectivity index (χ1n) is 8.13. The number of phenols is 1. The molecule has 3 heteroatoms. The van der Waals surface area contributed by atoms with E-state index in [1.807, 2.05) is 42.6 Å². The van der Waals surface area contributed by atoms with E-state index in [1.54, 1.807) is 6.07 Å². The van der Waals surface area contributed by atoms with Crippen molar-refractivity contribution in [1.29, 1.82) is 0 Å². The molecule has 1 aromatic heterocycles. The Hall–Kier alpha value is -2.55. The summed E-state index contributed by atoms with van der Waals surface area (Å²) in [7, 11) is 0. The van der Waals surface area contributed by atoms with Gasteiger partial charge in [0.05, 0.1) is 5.69 Å². The standard InChI is InChI=1S/C20H22N2O/c1-3-9-15(2)20-21-18(17-12-7-8-13-19(17)23)14-22(20)16-10-5-4-6-11-16/h4-8,10-15,23H,3,9H2,1-2H3. The molecule has 118 valence electrons. The summed E-state index contributed by atoms with van der Waals surface area (Å²) >= 11 is 0. The molecule has 3 nitrogen and oxygen atoms in total. The van der Waals surface area contributed by atoms with Gasteiger partial charge < -0.3 is 9.67 Å². The van der Waals surface area contributed by atoms with Gasteiger partial charge >= 0.3 is 0 Å². The van der Waals surface area contributed by atoms with Crippen molar-refractivity contribution in [3.05, 3.63) is 66.6 Å². The molecule has 2 aromatic carbocycles. The van der Waals surface area contributed by atoms with Crippen LogP contribution < -0.4 is 0 Å². The number of para-hydroxylation sites is 2. The molecule has 0 radical (unpaired) electrons. The third-order valence-electron chi connectivity index (χ3n) is 4.11. The van der Waals surface area contributed by atoms with Crippen molar-refractivity contribution in [3.8, 4) is 22.7 Å². The third-order valence-corrected chi connectivity index (χ3v) is 4.11. The lowest BCUT2D eigenvalue weighted by molar-refractivity contribution is 0.477. The summed E-state index contributed by atoms with van der Waals surface area (Å²) in [5.41, 5.74) is 2.68. The summed E-state index contributed by atoms with van der Waals surface area (Å²) in [6.07, 6.45) is 4.23. The van der Waals surface area contributed by atoms with Gasteiger partial charge in [-0.05, 0) is 30.7 Å². The van der Waals surface area contributed by atoms with Gasteiger partial charge in [-0.2, -0.15) is 0 Å². The van der Waals surface area contributed by atoms with Crippen LogP contribution in [0.4, 0.5) is 0 Å². The highest BCUT2D eigenvalue weighted by atomic mass is 16.3. The molecule has 0 aliphatic rings. The fourth-order valence-corrected chi connectivity index (χ4v) is 2.92. The Kier molecular flexibility index (Phi) is 4.47. The van der Waals surface area contributed by atoms with Crippen molar-refractivity contribution in [2.75, 3.05) is 0 Å². The molecule has 23 heavy (non-hydrogen) atoms. The predicted molar refractivity (Wildman–Crippen MR) is 94.0 cm³/mol. The molecule has 1 N–H and O–H groups in total. The summed E-state index contributed by atoms with van der Waals surface area (Å²) in [6.45, 7) is 4.40. The minimum Gasteiger partial charge on any atom is -0.507 e. The Bertz CT molecular complexity index is 777. The van der Waals surface area contributed by atoms with Crippen molar-refractivity contribution < 1.29 is 5.11 Å². The minimum atomic E-state index is 0.264. The molecule has 1 heterocycles. The van der Waals surface area contributed by atoms with Crippen LogP contribution in [0.1, 0.15) is 38.4 Å². The normalized spacial score (nSPS) is 12.3. The average Bonchev–Trinajstić information content (AvgIpc) is 3.01. The number of hydrogen-bond acceptors (Lipinski definition) is 2. The lowest BCUT2D eigenvalue weighted by atomic mass is 10.1. The molecule has 0 saturated heterocycles. The highest BCUT2D eigenvalue weighted by Crippen LogP contribution is 2.31. The second-order valence-electron chi connectivity index (χ2n) is 5.90. The van der Waals surface area contributed by atoms with E-state index in [1.165, 1.54) is 0 Å². The van der Waals surface area contributed by atoms with Gasteiger partial charge in [-0.3, -0.25) is 0 Å². The monoisotopic (exact) mass is 306 g/mol. The van der Waals surface area contributed by atoms with E-state index >= 15 is 0 Å². The van der Waals surface area contributed by atoms with E-state index in [-0.39, 0.29) is 5.75 Å². The van der Waals surface area contributed by atoms with Crippen LogP contribution in [0.15, 0.2) is 60.8 Å². The number of aromatic hydroxyl groups is 1. The van der Waals surface area contributed by atoms with Gasteiger partial charge in [0.1, 0.15) is 11.6 Å². The van der Waals surface area contributed by atoms with Crippen LogP contribution in [0, 0.1) is 0 Å². The second-order valence-corrected chi connectivity index (χ2v) is 5.90. The van der Waals surface area contributed by atoms with Crippen LogP contribution in [-0.4, -0.2) is 14.7 Å². The molecule has 3 aromatic rings. The lowest BCUT2D eigenvalue weighted by Gasteiger charge is -2.13. The number of benzene rings is 2. The van der Waals surface area contributed by atoms with Crippen molar-refractivity contribution in [3.63, 3.8) is 0 Å². The number of hydrogen-bond donors (Lipinski definition) is 1. The molecule has 0 amide bonds. The van der Waals surface area contributed by atoms with Crippen molar-refractivity contribution in [1.82, 2.24) is 9.55 Å². The first-order valence-corrected chi connectivity index (χ1v) is 8.13. The van der Waals surface area contributed by atoms with Crippen molar-refractivity contribution >= 4 is 0 Å². The molecular weight excluding hydrogens is 284 g/mol. The quantitative estimate of drug-likeness (QED) is 0.708. The zero-order valence-electron chi connectivity index (χ0n) is 13.6. The van der Waals surface area contributed by atoms with E-state index in [4.69, 9.17) is 4.98 Å². The van der Waals surface area contributed by atoms with Gasteiger partial charge in [-0.25, -0.2) is 4.98 Å². The summed E-state index contributed by atoms with van der Waals surface area (Å²) < 4.78 is 2.14. The molecular formula is C20H22N2O. The summed E-state index contributed by atoms with van der Waals surface area (Å²) in [4.78, 5) is 4.84. The molecule has 1 atom stereocenters. The maximum Gasteiger partial charge on any atom is 0.125 e. The fourth-order valence-electron chi connectivity index (χ4n) is 2.92. The maximum absolute atomic E-state index is 10.1. The SMILES string of the molecule is CCCC(C)c1nc(-c2ccccc2O)cn1-c1ccccc1. The van der Waals surface area contributed by atoms with Crippen molar-refractivity contribution in [2.24, 2.45) is 0 Å². The zero-order valence-corrected chi connectivity index (χ0v) is 13.6. The van der Waals surface area contributed by atoms with Gasteiger partial charge in [0.15, 0.2) is 0 Å². The summed E-state index contributed by atoms with van der Waals surface area (Å²) in [5.74, 6) is 1.66.